The Kier molecular flexibility index (Phi) is 5.78. The van der Waals surface area contributed by atoms with Gasteiger partial charge in [0.15, 0.2) is 0 Å². The third-order valence-corrected chi connectivity index (χ3v) is 4.35. The predicted octanol–water partition coefficient (Wildman–Crippen LogP) is 0.299. The number of nitrogens with zero attached hydrogens (tertiary/aromatic N) is 1. The second kappa shape index (κ2) is 8.22. The van der Waals surface area contributed by atoms with Crippen molar-refractivity contribution in [1.29, 1.82) is 0 Å². The number of amides is 2. The molecule has 25 heavy (non-hydrogen) atoms. The lowest BCUT2D eigenvalue weighted by Crippen LogP contribution is -2.49. The molecule has 1 aliphatic heterocycles. The fourth-order valence-electron chi connectivity index (χ4n) is 2.72. The molecule has 2 amide bonds. The third kappa shape index (κ3) is 5.11. The van der Waals surface area contributed by atoms with Crippen molar-refractivity contribution in [2.24, 2.45) is 5.92 Å². The highest BCUT2D eigenvalue weighted by Crippen LogP contribution is 2.29. The highest BCUT2D eigenvalue weighted by Gasteiger charge is 2.34. The monoisotopic (exact) mass is 345 g/mol. The van der Waals surface area contributed by atoms with E-state index in [0.29, 0.717) is 6.54 Å². The van der Waals surface area contributed by atoms with Gasteiger partial charge in [-0.25, -0.2) is 0 Å². The number of aliphatic hydroxyl groups is 1. The van der Waals surface area contributed by atoms with Gasteiger partial charge < -0.3 is 20.5 Å². The van der Waals surface area contributed by atoms with E-state index in [9.17, 15) is 14.7 Å². The lowest BCUT2D eigenvalue weighted by atomic mass is 10.0. The van der Waals surface area contributed by atoms with Gasteiger partial charge in [0.2, 0.25) is 11.8 Å². The molecule has 2 aliphatic rings. The highest BCUT2D eigenvalue weighted by molar-refractivity contribution is 5.81. The summed E-state index contributed by atoms with van der Waals surface area (Å²) in [6.07, 6.45) is 8.00. The van der Waals surface area contributed by atoms with E-state index in [4.69, 9.17) is 4.74 Å². The lowest BCUT2D eigenvalue weighted by Gasteiger charge is -2.31. The van der Waals surface area contributed by atoms with Gasteiger partial charge in [-0.15, -0.1) is 0 Å². The number of ether oxygens (including phenoxy) is 1. The van der Waals surface area contributed by atoms with E-state index < -0.39 is 12.2 Å². The molecule has 1 aromatic rings. The van der Waals surface area contributed by atoms with E-state index >= 15 is 0 Å². The van der Waals surface area contributed by atoms with Gasteiger partial charge in [0, 0.05) is 24.9 Å². The molecule has 3 atom stereocenters. The molecule has 1 saturated carbocycles. The van der Waals surface area contributed by atoms with Crippen LogP contribution in [0.3, 0.4) is 0 Å². The maximum atomic E-state index is 12.1. The van der Waals surface area contributed by atoms with E-state index in [2.05, 4.69) is 15.6 Å². The Bertz CT molecular complexity index is 630. The summed E-state index contributed by atoms with van der Waals surface area (Å²) in [5, 5.41) is 15.2. The van der Waals surface area contributed by atoms with Gasteiger partial charge in [-0.3, -0.25) is 14.6 Å². The van der Waals surface area contributed by atoms with Crippen molar-refractivity contribution in [3.05, 3.63) is 42.2 Å². The molecule has 0 aromatic carbocycles. The molecule has 0 spiro atoms. The zero-order valence-electron chi connectivity index (χ0n) is 13.9. The maximum absolute atomic E-state index is 12.1. The van der Waals surface area contributed by atoms with Gasteiger partial charge in [-0.1, -0.05) is 12.2 Å². The zero-order valence-corrected chi connectivity index (χ0v) is 13.9. The molecule has 7 heteroatoms. The minimum atomic E-state index is -0.536. The van der Waals surface area contributed by atoms with Crippen LogP contribution in [0.5, 0.6) is 0 Å². The molecule has 0 unspecified atom stereocenters. The highest BCUT2D eigenvalue weighted by atomic mass is 16.5. The van der Waals surface area contributed by atoms with E-state index in [0.717, 1.165) is 18.4 Å². The first-order valence-electron chi connectivity index (χ1n) is 8.56. The van der Waals surface area contributed by atoms with Crippen LogP contribution in [-0.2, 0) is 20.9 Å². The molecule has 3 N–H and O–H groups in total. The summed E-state index contributed by atoms with van der Waals surface area (Å²) in [4.78, 5) is 27.9. The van der Waals surface area contributed by atoms with Crippen molar-refractivity contribution in [3.63, 3.8) is 0 Å². The van der Waals surface area contributed by atoms with Crippen LogP contribution in [0.4, 0.5) is 0 Å². The summed E-state index contributed by atoms with van der Waals surface area (Å²) < 4.78 is 5.75. The van der Waals surface area contributed by atoms with Crippen molar-refractivity contribution in [3.8, 4) is 0 Å². The fraction of sp³-hybridized carbons (Fsp3) is 0.500. The first kappa shape index (κ1) is 17.6. The lowest BCUT2D eigenvalue weighted by molar-refractivity contribution is -0.128. The predicted molar refractivity (Wildman–Crippen MR) is 90.2 cm³/mol. The van der Waals surface area contributed by atoms with Gasteiger partial charge in [-0.2, -0.15) is 0 Å². The smallest absolute Gasteiger partial charge is 0.223 e. The Balaban J connectivity index is 1.47. The number of aromatic nitrogens is 1. The topological polar surface area (TPSA) is 101 Å². The van der Waals surface area contributed by atoms with Crippen LogP contribution >= 0.6 is 0 Å². The SMILES string of the molecule is O=C(C[C@H]1C=C[C@@H](NC(=O)C2CC2)[C@H](CO)O1)NCc1ccncc1. The molecule has 0 bridgehead atoms. The van der Waals surface area contributed by atoms with Crippen molar-refractivity contribution < 1.29 is 19.4 Å². The molecule has 1 aromatic heterocycles. The summed E-state index contributed by atoms with van der Waals surface area (Å²) in [6.45, 7) is 0.219. The van der Waals surface area contributed by atoms with Gasteiger partial charge in [0.05, 0.1) is 25.2 Å². The van der Waals surface area contributed by atoms with Crippen LogP contribution in [0.25, 0.3) is 0 Å². The quantitative estimate of drug-likeness (QED) is 0.617. The Morgan fingerprint density at radius 2 is 2.00 bits per heavy atom. The number of aliphatic hydroxyl groups excluding tert-OH is 1. The molecule has 2 heterocycles. The first-order valence-corrected chi connectivity index (χ1v) is 8.56. The van der Waals surface area contributed by atoms with E-state index in [1.165, 1.54) is 0 Å². The number of rotatable bonds is 7. The van der Waals surface area contributed by atoms with Gasteiger partial charge in [0.25, 0.3) is 0 Å². The number of carbonyl (C=O) groups excluding carboxylic acids is 2. The number of pyridine rings is 1. The van der Waals surface area contributed by atoms with Crippen LogP contribution in [-0.4, -0.2) is 46.8 Å². The second-order valence-electron chi connectivity index (χ2n) is 6.43. The summed E-state index contributed by atoms with van der Waals surface area (Å²) in [5.74, 6) is -0.0294. The fourth-order valence-corrected chi connectivity index (χ4v) is 2.72. The molecule has 0 radical (unpaired) electrons. The minimum Gasteiger partial charge on any atom is -0.394 e. The number of nitrogens with one attached hydrogen (secondary N) is 2. The van der Waals surface area contributed by atoms with Crippen LogP contribution in [0.15, 0.2) is 36.7 Å². The molecule has 1 aliphatic carbocycles. The van der Waals surface area contributed by atoms with Crippen LogP contribution in [0, 0.1) is 5.92 Å². The Hall–Kier alpha value is -2.25. The molecule has 0 saturated heterocycles. The first-order chi connectivity index (χ1) is 12.2. The standard InChI is InChI=1S/C18H23N3O4/c22-11-16-15(21-18(24)13-1-2-13)4-3-14(25-16)9-17(23)20-10-12-5-7-19-8-6-12/h3-8,13-16,22H,1-2,9-11H2,(H,20,23)(H,21,24)/t14-,15-,16+/m1/s1. The van der Waals surface area contributed by atoms with Crippen LogP contribution in [0.1, 0.15) is 24.8 Å². The normalized spacial score (nSPS) is 25.4. The van der Waals surface area contributed by atoms with Crippen molar-refractivity contribution in [1.82, 2.24) is 15.6 Å². The summed E-state index contributed by atoms with van der Waals surface area (Å²) in [7, 11) is 0. The largest absolute Gasteiger partial charge is 0.394 e. The van der Waals surface area contributed by atoms with Gasteiger partial charge in [0.1, 0.15) is 6.10 Å². The van der Waals surface area contributed by atoms with E-state index in [1.54, 1.807) is 18.5 Å². The number of carbonyl (C=O) groups is 2. The number of hydrogen-bond donors (Lipinski definition) is 3. The molecule has 1 fully saturated rings. The van der Waals surface area contributed by atoms with Crippen LogP contribution < -0.4 is 10.6 Å². The number of hydrogen-bond acceptors (Lipinski definition) is 5. The summed E-state index contributed by atoms with van der Waals surface area (Å²) >= 11 is 0. The minimum absolute atomic E-state index is 0.00486. The summed E-state index contributed by atoms with van der Waals surface area (Å²) in [5.41, 5.74) is 0.972. The molecule has 3 rings (SSSR count). The average Bonchev–Trinajstić information content (AvgIpc) is 3.47. The van der Waals surface area contributed by atoms with Gasteiger partial charge >= 0.3 is 0 Å². The van der Waals surface area contributed by atoms with E-state index in [1.807, 2.05) is 18.2 Å². The maximum Gasteiger partial charge on any atom is 0.223 e. The second-order valence-corrected chi connectivity index (χ2v) is 6.43. The third-order valence-electron chi connectivity index (χ3n) is 4.35. The molecular weight excluding hydrogens is 322 g/mol. The van der Waals surface area contributed by atoms with Crippen molar-refractivity contribution in [2.45, 2.75) is 44.1 Å². The van der Waals surface area contributed by atoms with Crippen LogP contribution in [0.2, 0.25) is 0 Å². The Labute approximate surface area is 146 Å². The summed E-state index contributed by atoms with van der Waals surface area (Å²) in [6, 6.07) is 3.33. The Morgan fingerprint density at radius 3 is 2.68 bits per heavy atom. The van der Waals surface area contributed by atoms with Gasteiger partial charge in [-0.05, 0) is 30.5 Å². The zero-order chi connectivity index (χ0) is 17.6. The molecular formula is C18H23N3O4. The van der Waals surface area contributed by atoms with Crippen molar-refractivity contribution >= 4 is 11.8 Å². The Morgan fingerprint density at radius 1 is 1.24 bits per heavy atom. The van der Waals surface area contributed by atoms with Crippen molar-refractivity contribution in [2.75, 3.05) is 6.61 Å². The average molecular weight is 345 g/mol. The van der Waals surface area contributed by atoms with E-state index in [-0.39, 0.29) is 36.8 Å². The molecule has 7 nitrogen and oxygen atoms in total. The molecule has 134 valence electrons.